The minimum absolute atomic E-state index is 0.0849. The van der Waals surface area contributed by atoms with Crippen molar-refractivity contribution in [1.82, 2.24) is 15.2 Å². The number of rotatable bonds is 3. The van der Waals surface area contributed by atoms with Crippen molar-refractivity contribution in [2.24, 2.45) is 0 Å². The summed E-state index contributed by atoms with van der Waals surface area (Å²) in [7, 11) is 0. The molecule has 0 aliphatic heterocycles. The van der Waals surface area contributed by atoms with Crippen LogP contribution in [0, 0.1) is 0 Å². The Bertz CT molecular complexity index is 884. The Morgan fingerprint density at radius 2 is 2.00 bits per heavy atom. The molecule has 0 aliphatic carbocycles. The summed E-state index contributed by atoms with van der Waals surface area (Å²) in [6.07, 6.45) is 0. The highest BCUT2D eigenvalue weighted by atomic mass is 16.3. The number of nitrogens with one attached hydrogen (secondary N) is 2. The van der Waals surface area contributed by atoms with Crippen molar-refractivity contribution in [3.63, 3.8) is 0 Å². The van der Waals surface area contributed by atoms with Crippen LogP contribution in [0.15, 0.2) is 28.7 Å². The van der Waals surface area contributed by atoms with Gasteiger partial charge in [0.05, 0.1) is 0 Å². The van der Waals surface area contributed by atoms with Gasteiger partial charge < -0.3 is 9.73 Å². The topological polar surface area (TPSA) is 83.8 Å². The average Bonchev–Trinajstić information content (AvgIpc) is 3.13. The molecule has 0 saturated carbocycles. The maximum Gasteiger partial charge on any atom is 0.276 e. The van der Waals surface area contributed by atoms with Crippen LogP contribution in [0.4, 0.5) is 5.69 Å². The van der Waals surface area contributed by atoms with E-state index in [-0.39, 0.29) is 17.2 Å². The van der Waals surface area contributed by atoms with E-state index < -0.39 is 0 Å². The summed E-state index contributed by atoms with van der Waals surface area (Å²) in [6.45, 7) is 10.2. The molecule has 1 aromatic carbocycles. The van der Waals surface area contributed by atoms with Gasteiger partial charge in [0.15, 0.2) is 17.2 Å². The number of amides is 1. The SMILES string of the molecule is CC(C)c1nc2cc(NC(=O)c3cc(C(C)(C)C)[nH]n3)ccc2o1. The number of carbonyl (C=O) groups is 1. The number of anilines is 1. The average molecular weight is 326 g/mol. The summed E-state index contributed by atoms with van der Waals surface area (Å²) < 4.78 is 5.67. The molecule has 0 fully saturated rings. The molecule has 0 aliphatic rings. The Kier molecular flexibility index (Phi) is 3.91. The van der Waals surface area contributed by atoms with Gasteiger partial charge in [0.1, 0.15) is 5.52 Å². The molecule has 3 aromatic rings. The lowest BCUT2D eigenvalue weighted by atomic mass is 9.92. The Morgan fingerprint density at radius 3 is 2.62 bits per heavy atom. The molecule has 0 spiro atoms. The molecule has 0 saturated heterocycles. The van der Waals surface area contributed by atoms with Gasteiger partial charge in [-0.15, -0.1) is 0 Å². The van der Waals surface area contributed by atoms with Gasteiger partial charge in [0.2, 0.25) is 0 Å². The van der Waals surface area contributed by atoms with E-state index in [9.17, 15) is 4.79 Å². The van der Waals surface area contributed by atoms with E-state index in [1.54, 1.807) is 18.2 Å². The zero-order chi connectivity index (χ0) is 17.5. The van der Waals surface area contributed by atoms with Gasteiger partial charge in [-0.05, 0) is 24.3 Å². The number of nitrogens with zero attached hydrogens (tertiary/aromatic N) is 2. The van der Waals surface area contributed by atoms with E-state index in [0.717, 1.165) is 11.2 Å². The van der Waals surface area contributed by atoms with Gasteiger partial charge in [-0.1, -0.05) is 34.6 Å². The van der Waals surface area contributed by atoms with Gasteiger partial charge in [-0.3, -0.25) is 9.89 Å². The minimum atomic E-state index is -0.256. The highest BCUT2D eigenvalue weighted by molar-refractivity contribution is 6.03. The Morgan fingerprint density at radius 1 is 1.25 bits per heavy atom. The third kappa shape index (κ3) is 3.18. The number of fused-ring (bicyclic) bond motifs is 1. The first-order chi connectivity index (χ1) is 11.2. The van der Waals surface area contributed by atoms with Gasteiger partial charge in [-0.2, -0.15) is 5.10 Å². The third-order valence-electron chi connectivity index (χ3n) is 3.77. The quantitative estimate of drug-likeness (QED) is 0.754. The fourth-order valence-electron chi connectivity index (χ4n) is 2.29. The van der Waals surface area contributed by atoms with Crippen LogP contribution in [-0.4, -0.2) is 21.1 Å². The highest BCUT2D eigenvalue weighted by Gasteiger charge is 2.19. The van der Waals surface area contributed by atoms with Crippen molar-refractivity contribution in [3.05, 3.63) is 41.5 Å². The van der Waals surface area contributed by atoms with Gasteiger partial charge >= 0.3 is 0 Å². The minimum Gasteiger partial charge on any atom is -0.440 e. The second-order valence-corrected chi connectivity index (χ2v) is 7.26. The lowest BCUT2D eigenvalue weighted by Crippen LogP contribution is -2.13. The first-order valence-corrected chi connectivity index (χ1v) is 8.02. The fraction of sp³-hybridized carbons (Fsp3) is 0.389. The van der Waals surface area contributed by atoms with Crippen molar-refractivity contribution in [1.29, 1.82) is 0 Å². The maximum absolute atomic E-state index is 12.4. The number of aromatic nitrogens is 3. The van der Waals surface area contributed by atoms with Crippen LogP contribution < -0.4 is 5.32 Å². The molecule has 0 bridgehead atoms. The van der Waals surface area contributed by atoms with E-state index in [0.29, 0.717) is 22.9 Å². The lowest BCUT2D eigenvalue weighted by molar-refractivity contribution is 0.102. The number of hydrogen-bond donors (Lipinski definition) is 2. The third-order valence-corrected chi connectivity index (χ3v) is 3.77. The number of hydrogen-bond acceptors (Lipinski definition) is 4. The predicted octanol–water partition coefficient (Wildman–Crippen LogP) is 4.22. The predicted molar refractivity (Wildman–Crippen MR) is 93.3 cm³/mol. The standard InChI is InChI=1S/C18H22N4O2/c1-10(2)17-20-12-8-11(6-7-14(12)24-17)19-16(23)13-9-15(22-21-13)18(3,4)5/h6-10H,1-5H3,(H,19,23)(H,21,22). The molecule has 0 unspecified atom stereocenters. The molecular weight excluding hydrogens is 304 g/mol. The highest BCUT2D eigenvalue weighted by Crippen LogP contribution is 2.24. The summed E-state index contributed by atoms with van der Waals surface area (Å²) >= 11 is 0. The van der Waals surface area contributed by atoms with Crippen LogP contribution in [0.3, 0.4) is 0 Å². The van der Waals surface area contributed by atoms with Crippen LogP contribution in [0.2, 0.25) is 0 Å². The van der Waals surface area contributed by atoms with E-state index in [1.807, 2.05) is 19.9 Å². The van der Waals surface area contributed by atoms with Crippen molar-refractivity contribution in [3.8, 4) is 0 Å². The zero-order valence-electron chi connectivity index (χ0n) is 14.6. The number of oxazole rings is 1. The molecule has 1 amide bonds. The second kappa shape index (κ2) is 5.78. The Balaban J connectivity index is 1.81. The molecule has 6 heteroatoms. The van der Waals surface area contributed by atoms with E-state index >= 15 is 0 Å². The van der Waals surface area contributed by atoms with Crippen molar-refractivity contribution in [2.45, 2.75) is 46.0 Å². The van der Waals surface area contributed by atoms with Crippen molar-refractivity contribution >= 4 is 22.7 Å². The zero-order valence-corrected chi connectivity index (χ0v) is 14.6. The van der Waals surface area contributed by atoms with Crippen LogP contribution in [0.5, 0.6) is 0 Å². The molecule has 2 N–H and O–H groups in total. The summed E-state index contributed by atoms with van der Waals surface area (Å²) in [5.41, 5.74) is 3.30. The normalized spacial score (nSPS) is 12.1. The van der Waals surface area contributed by atoms with Crippen molar-refractivity contribution < 1.29 is 9.21 Å². The summed E-state index contributed by atoms with van der Waals surface area (Å²) in [5.74, 6) is 0.652. The number of H-pyrrole nitrogens is 1. The number of carbonyl (C=O) groups excluding carboxylic acids is 1. The summed E-state index contributed by atoms with van der Waals surface area (Å²) in [4.78, 5) is 16.8. The van der Waals surface area contributed by atoms with Gasteiger partial charge in [-0.25, -0.2) is 4.98 Å². The number of aromatic amines is 1. The van der Waals surface area contributed by atoms with Gasteiger partial charge in [0, 0.05) is 22.7 Å². The number of benzene rings is 1. The van der Waals surface area contributed by atoms with Crippen LogP contribution in [-0.2, 0) is 5.41 Å². The van der Waals surface area contributed by atoms with E-state index in [1.165, 1.54) is 0 Å². The van der Waals surface area contributed by atoms with E-state index in [2.05, 4.69) is 41.3 Å². The van der Waals surface area contributed by atoms with Crippen LogP contribution >= 0.6 is 0 Å². The smallest absolute Gasteiger partial charge is 0.276 e. The molecular formula is C18H22N4O2. The van der Waals surface area contributed by atoms with Crippen LogP contribution in [0.1, 0.15) is 62.6 Å². The van der Waals surface area contributed by atoms with Crippen molar-refractivity contribution in [2.75, 3.05) is 5.32 Å². The molecule has 2 heterocycles. The summed E-state index contributed by atoms with van der Waals surface area (Å²) in [5, 5.41) is 9.87. The molecule has 0 atom stereocenters. The molecule has 126 valence electrons. The van der Waals surface area contributed by atoms with E-state index in [4.69, 9.17) is 4.42 Å². The van der Waals surface area contributed by atoms with Crippen LogP contribution in [0.25, 0.3) is 11.1 Å². The lowest BCUT2D eigenvalue weighted by Gasteiger charge is -2.14. The molecule has 3 rings (SSSR count). The molecule has 0 radical (unpaired) electrons. The van der Waals surface area contributed by atoms with Gasteiger partial charge in [0.25, 0.3) is 5.91 Å². The Labute approximate surface area is 140 Å². The molecule has 24 heavy (non-hydrogen) atoms. The maximum atomic E-state index is 12.4. The first kappa shape index (κ1) is 16.2. The molecule has 2 aromatic heterocycles. The molecule has 6 nitrogen and oxygen atoms in total. The second-order valence-electron chi connectivity index (χ2n) is 7.26. The fourth-order valence-corrected chi connectivity index (χ4v) is 2.29. The monoisotopic (exact) mass is 326 g/mol. The first-order valence-electron chi connectivity index (χ1n) is 8.02. The Hall–Kier alpha value is -2.63. The largest absolute Gasteiger partial charge is 0.440 e. The summed E-state index contributed by atoms with van der Waals surface area (Å²) in [6, 6.07) is 7.20.